The minimum Gasteiger partial charge on any atom is -0.489 e. The van der Waals surface area contributed by atoms with Crippen LogP contribution in [0.15, 0.2) is 4.79 Å². The van der Waals surface area contributed by atoms with Gasteiger partial charge in [-0.3, -0.25) is 18.9 Å². The third-order valence-corrected chi connectivity index (χ3v) is 3.59. The molecule has 0 N–H and O–H groups in total. The second kappa shape index (κ2) is 5.34. The maximum atomic E-state index is 12.4. The van der Waals surface area contributed by atoms with Crippen LogP contribution in [0.2, 0.25) is 0 Å². The van der Waals surface area contributed by atoms with Gasteiger partial charge in [0, 0.05) is 0 Å². The zero-order chi connectivity index (χ0) is 14.9. The summed E-state index contributed by atoms with van der Waals surface area (Å²) < 4.78 is 11.9. The number of hydrogen-bond donors (Lipinski definition) is 0. The predicted molar refractivity (Wildman–Crippen MR) is 74.8 cm³/mol. The molecule has 0 saturated heterocycles. The van der Waals surface area contributed by atoms with Gasteiger partial charge in [-0.05, 0) is 4.85 Å². The van der Waals surface area contributed by atoms with Gasteiger partial charge >= 0.3 is 5.72 Å². The van der Waals surface area contributed by atoms with Gasteiger partial charge in [-0.25, -0.2) is 4.98 Å². The molecule has 1 aromatic heterocycles. The molecule has 1 atom stereocenters. The van der Waals surface area contributed by atoms with E-state index in [0.717, 1.165) is 0 Å². The van der Waals surface area contributed by atoms with E-state index in [1.54, 1.807) is 6.92 Å². The van der Waals surface area contributed by atoms with Crippen LogP contribution in [0, 0.1) is 6.57 Å². The molecule has 2 heterocycles. The Morgan fingerprint density at radius 3 is 2.95 bits per heavy atom. The molecule has 0 aliphatic carbocycles. The van der Waals surface area contributed by atoms with Crippen molar-refractivity contribution in [3.8, 4) is 12.3 Å². The first-order valence-electron chi connectivity index (χ1n) is 5.83. The number of alkyl halides is 1. The number of halogens is 1. The fourth-order valence-corrected chi connectivity index (χ4v) is 2.30. The lowest BCUT2D eigenvalue weighted by Gasteiger charge is -2.24. The van der Waals surface area contributed by atoms with Crippen molar-refractivity contribution < 1.29 is 14.3 Å². The molecule has 0 bridgehead atoms. The molecular weight excluding hydrogens is 330 g/mol. The predicted octanol–water partition coefficient (Wildman–Crippen LogP) is 0.995. The van der Waals surface area contributed by atoms with E-state index in [1.165, 1.54) is 11.7 Å². The second-order valence-electron chi connectivity index (χ2n) is 4.29. The summed E-state index contributed by atoms with van der Waals surface area (Å²) in [5.74, 6) is -0.256. The highest BCUT2D eigenvalue weighted by molar-refractivity contribution is 9.09. The lowest BCUT2D eigenvalue weighted by atomic mass is 10.2. The van der Waals surface area contributed by atoms with Crippen molar-refractivity contribution in [1.82, 2.24) is 9.55 Å². The zero-order valence-electron chi connectivity index (χ0n) is 11.1. The van der Waals surface area contributed by atoms with Gasteiger partial charge in [0.25, 0.3) is 12.1 Å². The van der Waals surface area contributed by atoms with E-state index in [-0.39, 0.29) is 35.0 Å². The highest BCUT2D eigenvalue weighted by Crippen LogP contribution is 2.29. The van der Waals surface area contributed by atoms with Gasteiger partial charge in [-0.2, -0.15) is 0 Å². The number of methoxy groups -OCH3 is 1. The fraction of sp³-hybridized carbons (Fsp3) is 0.500. The summed E-state index contributed by atoms with van der Waals surface area (Å²) in [6, 6.07) is 0. The van der Waals surface area contributed by atoms with Crippen LogP contribution >= 0.6 is 15.9 Å². The topological polar surface area (TPSA) is 74.8 Å². The normalized spacial score (nSPS) is 20.9. The molecule has 1 unspecified atom stereocenters. The van der Waals surface area contributed by atoms with Gasteiger partial charge in [0.05, 0.1) is 32.5 Å². The summed E-state index contributed by atoms with van der Waals surface area (Å²) in [7, 11) is 1.32. The zero-order valence-corrected chi connectivity index (χ0v) is 12.6. The second-order valence-corrected chi connectivity index (χ2v) is 4.85. The van der Waals surface area contributed by atoms with Crippen molar-refractivity contribution in [2.75, 3.05) is 19.0 Å². The number of ether oxygens (including phenoxy) is 2. The van der Waals surface area contributed by atoms with Crippen LogP contribution in [-0.4, -0.2) is 34.4 Å². The molecule has 0 saturated carbocycles. The first-order chi connectivity index (χ1) is 9.48. The molecule has 1 aliphatic rings. The van der Waals surface area contributed by atoms with E-state index in [2.05, 4.69) is 25.8 Å². The van der Waals surface area contributed by atoms with Crippen molar-refractivity contribution in [1.29, 1.82) is 0 Å². The van der Waals surface area contributed by atoms with E-state index in [0.29, 0.717) is 6.54 Å². The average Bonchev–Trinajstić information content (AvgIpc) is 2.47. The SMILES string of the molecule is C#[N+]C1(C)OCCn2c1nc(C(=O)CBr)c(OC)c2=O. The number of aromatic nitrogens is 2. The lowest BCUT2D eigenvalue weighted by molar-refractivity contribution is -0.0363. The summed E-state index contributed by atoms with van der Waals surface area (Å²) >= 11 is 3.05. The molecule has 0 fully saturated rings. The Bertz CT molecular complexity index is 664. The Morgan fingerprint density at radius 2 is 2.40 bits per heavy atom. The lowest BCUT2D eigenvalue weighted by Crippen LogP contribution is -2.42. The number of fused-ring (bicyclic) bond motifs is 1. The van der Waals surface area contributed by atoms with Crippen LogP contribution < -0.4 is 10.3 Å². The van der Waals surface area contributed by atoms with E-state index in [1.807, 2.05) is 0 Å². The molecule has 2 rings (SSSR count). The van der Waals surface area contributed by atoms with Crippen LogP contribution in [0.3, 0.4) is 0 Å². The third-order valence-electron chi connectivity index (χ3n) is 3.08. The van der Waals surface area contributed by atoms with Crippen LogP contribution in [0.4, 0.5) is 0 Å². The van der Waals surface area contributed by atoms with E-state index in [4.69, 9.17) is 16.0 Å². The number of Topliss-reactive ketones (excluding diaryl/α,β-unsaturated/α-hetero) is 1. The van der Waals surface area contributed by atoms with E-state index >= 15 is 0 Å². The van der Waals surface area contributed by atoms with Gasteiger partial charge in [-0.15, -0.1) is 0 Å². The largest absolute Gasteiger partial charge is 0.489 e. The number of carbonyl (C=O) groups excluding carboxylic acids is 1. The quantitative estimate of drug-likeness (QED) is 0.605. The minimum absolute atomic E-state index is 0.0244. The summed E-state index contributed by atoms with van der Waals surface area (Å²) in [6.45, 7) is 7.50. The summed E-state index contributed by atoms with van der Waals surface area (Å²) in [4.78, 5) is 32.1. The van der Waals surface area contributed by atoms with Crippen LogP contribution in [0.1, 0.15) is 23.2 Å². The van der Waals surface area contributed by atoms with Crippen molar-refractivity contribution in [3.63, 3.8) is 0 Å². The number of rotatable bonds is 3. The summed E-state index contributed by atoms with van der Waals surface area (Å²) in [6.07, 6.45) is 0. The van der Waals surface area contributed by atoms with E-state index < -0.39 is 11.3 Å². The van der Waals surface area contributed by atoms with E-state index in [9.17, 15) is 9.59 Å². The first-order valence-corrected chi connectivity index (χ1v) is 6.95. The van der Waals surface area contributed by atoms with Gasteiger partial charge < -0.3 is 4.74 Å². The van der Waals surface area contributed by atoms with Crippen molar-refractivity contribution in [3.05, 3.63) is 26.7 Å². The maximum absolute atomic E-state index is 12.4. The molecule has 20 heavy (non-hydrogen) atoms. The van der Waals surface area contributed by atoms with Crippen molar-refractivity contribution >= 4 is 21.7 Å². The van der Waals surface area contributed by atoms with Crippen LogP contribution in [-0.2, 0) is 17.0 Å². The Hall–Kier alpha value is -1.72. The third kappa shape index (κ3) is 2.13. The highest BCUT2D eigenvalue weighted by Gasteiger charge is 2.47. The van der Waals surface area contributed by atoms with Crippen molar-refractivity contribution in [2.45, 2.75) is 19.2 Å². The molecule has 0 spiro atoms. The fourth-order valence-electron chi connectivity index (χ4n) is 2.03. The molecule has 0 radical (unpaired) electrons. The number of ketones is 1. The molecule has 0 amide bonds. The summed E-state index contributed by atoms with van der Waals surface area (Å²) in [5.41, 5.74) is -1.76. The number of carbonyl (C=O) groups is 1. The smallest absolute Gasteiger partial charge is 0.440 e. The Labute approximate surface area is 123 Å². The molecule has 1 aliphatic heterocycles. The van der Waals surface area contributed by atoms with Crippen LogP contribution in [0.5, 0.6) is 5.75 Å². The van der Waals surface area contributed by atoms with Gasteiger partial charge in [0.2, 0.25) is 11.6 Å². The highest BCUT2D eigenvalue weighted by atomic mass is 79.9. The Balaban J connectivity index is 2.79. The Morgan fingerprint density at radius 1 is 1.70 bits per heavy atom. The molecule has 1 aromatic rings. The van der Waals surface area contributed by atoms with Gasteiger partial charge in [0.15, 0.2) is 11.5 Å². The molecular formula is C12H13BrN3O4+. The standard InChI is InChI=1S/C12H13BrN3O4/c1-12(14-2)11-15-8(7(17)6-13)9(19-3)10(18)16(11)4-5-20-12/h2H,4-6H2,1,3H3/q+1. The van der Waals surface area contributed by atoms with Crippen LogP contribution in [0.25, 0.3) is 4.85 Å². The number of nitrogens with zero attached hydrogens (tertiary/aromatic N) is 3. The van der Waals surface area contributed by atoms with Gasteiger partial charge in [0.1, 0.15) is 0 Å². The molecule has 8 heteroatoms. The monoisotopic (exact) mass is 342 g/mol. The Kier molecular flexibility index (Phi) is 3.92. The molecule has 7 nitrogen and oxygen atoms in total. The first kappa shape index (κ1) is 14.7. The van der Waals surface area contributed by atoms with Gasteiger partial charge in [-0.1, -0.05) is 15.9 Å². The van der Waals surface area contributed by atoms with Crippen molar-refractivity contribution in [2.24, 2.45) is 0 Å². The number of hydrogen-bond acceptors (Lipinski definition) is 5. The molecule has 0 aromatic carbocycles. The maximum Gasteiger partial charge on any atom is 0.440 e. The summed E-state index contributed by atoms with van der Waals surface area (Å²) in [5, 5.41) is 0.0244. The average molecular weight is 343 g/mol. The molecule has 106 valence electrons. The minimum atomic E-state index is -1.26.